The molecule has 1 aliphatic heterocycles. The highest BCUT2D eigenvalue weighted by molar-refractivity contribution is 5.94. The molecule has 0 radical (unpaired) electrons. The Hall–Kier alpha value is -1.80. The highest BCUT2D eigenvalue weighted by Crippen LogP contribution is 2.27. The first-order chi connectivity index (χ1) is 13.5. The molecule has 1 unspecified atom stereocenters. The number of alkyl halides is 3. The predicted molar refractivity (Wildman–Crippen MR) is 107 cm³/mol. The molecule has 2 rings (SSSR count). The number of benzene rings is 1. The molecule has 0 saturated carbocycles. The van der Waals surface area contributed by atoms with Gasteiger partial charge < -0.3 is 19.4 Å². The van der Waals surface area contributed by atoms with Gasteiger partial charge in [-0.2, -0.15) is 13.2 Å². The summed E-state index contributed by atoms with van der Waals surface area (Å²) in [6.07, 6.45) is -3.64. The van der Waals surface area contributed by atoms with Crippen molar-refractivity contribution in [2.75, 3.05) is 47.3 Å². The molecule has 1 fully saturated rings. The molecule has 0 spiro atoms. The molecule has 0 aromatic heterocycles. The third-order valence-corrected chi connectivity index (χ3v) is 5.24. The summed E-state index contributed by atoms with van der Waals surface area (Å²) in [7, 11) is 5.70. The molecule has 1 aliphatic rings. The van der Waals surface area contributed by atoms with E-state index < -0.39 is 18.6 Å². The van der Waals surface area contributed by atoms with Gasteiger partial charge in [-0.1, -0.05) is 6.07 Å². The summed E-state index contributed by atoms with van der Waals surface area (Å²) < 4.78 is 43.8. The fraction of sp³-hybridized carbons (Fsp3) is 0.667. The van der Waals surface area contributed by atoms with E-state index in [1.165, 1.54) is 0 Å². The van der Waals surface area contributed by atoms with E-state index in [2.05, 4.69) is 0 Å². The molecule has 8 heteroatoms. The number of rotatable bonds is 8. The van der Waals surface area contributed by atoms with Crippen LogP contribution >= 0.6 is 0 Å². The summed E-state index contributed by atoms with van der Waals surface area (Å²) in [6.45, 7) is 4.19. The number of piperidine rings is 1. The smallest absolute Gasteiger partial charge is 0.390 e. The van der Waals surface area contributed by atoms with Gasteiger partial charge in [0.1, 0.15) is 11.9 Å². The zero-order valence-electron chi connectivity index (χ0n) is 17.7. The molecular weight excluding hydrogens is 383 g/mol. The van der Waals surface area contributed by atoms with Crippen LogP contribution in [0.3, 0.4) is 0 Å². The first-order valence-corrected chi connectivity index (χ1v) is 10.0. The van der Waals surface area contributed by atoms with Crippen LogP contribution < -0.4 is 4.74 Å². The van der Waals surface area contributed by atoms with Crippen LogP contribution in [0.2, 0.25) is 0 Å². The Balaban J connectivity index is 1.87. The van der Waals surface area contributed by atoms with Gasteiger partial charge in [-0.15, -0.1) is 0 Å². The van der Waals surface area contributed by atoms with Crippen LogP contribution in [-0.2, 0) is 0 Å². The number of hydrogen-bond donors (Lipinski definition) is 0. The summed E-state index contributed by atoms with van der Waals surface area (Å²) in [4.78, 5) is 18.2. The highest BCUT2D eigenvalue weighted by Gasteiger charge is 2.34. The summed E-state index contributed by atoms with van der Waals surface area (Å²) in [5, 5.41) is 0. The largest absolute Gasteiger partial charge is 0.490 e. The van der Waals surface area contributed by atoms with Gasteiger partial charge >= 0.3 is 6.18 Å². The molecule has 164 valence electrons. The van der Waals surface area contributed by atoms with Crippen molar-refractivity contribution in [2.24, 2.45) is 0 Å². The molecule has 1 amide bonds. The van der Waals surface area contributed by atoms with Crippen LogP contribution in [0, 0.1) is 0 Å². The standard InChI is InChI=1S/C21H32F3N3O2/c1-16(15-21(22,23)24)27-10-8-18(9-11-27)29-19-7-5-6-17(14-19)20(28)26(4)13-12-25(2)3/h5-7,14,16,18H,8-13,15H2,1-4H3. The van der Waals surface area contributed by atoms with Gasteiger partial charge in [0.15, 0.2) is 0 Å². The van der Waals surface area contributed by atoms with Crippen LogP contribution in [-0.4, -0.2) is 86.3 Å². The van der Waals surface area contributed by atoms with Crippen molar-refractivity contribution in [1.29, 1.82) is 0 Å². The van der Waals surface area contributed by atoms with E-state index in [9.17, 15) is 18.0 Å². The lowest BCUT2D eigenvalue weighted by Crippen LogP contribution is -2.44. The molecule has 5 nitrogen and oxygen atoms in total. The molecule has 0 N–H and O–H groups in total. The molecule has 1 aromatic carbocycles. The van der Waals surface area contributed by atoms with Crippen LogP contribution in [0.5, 0.6) is 5.75 Å². The second-order valence-electron chi connectivity index (χ2n) is 8.08. The topological polar surface area (TPSA) is 36.0 Å². The molecule has 1 heterocycles. The van der Waals surface area contributed by atoms with E-state index in [-0.39, 0.29) is 12.0 Å². The molecule has 1 atom stereocenters. The number of ether oxygens (including phenoxy) is 1. The normalized spacial score (nSPS) is 17.4. The first kappa shape index (κ1) is 23.5. The Morgan fingerprint density at radius 3 is 2.45 bits per heavy atom. The van der Waals surface area contributed by atoms with E-state index in [4.69, 9.17) is 4.74 Å². The van der Waals surface area contributed by atoms with Gasteiger partial charge in [-0.05, 0) is 52.1 Å². The Labute approximate surface area is 171 Å². The second kappa shape index (κ2) is 10.3. The summed E-state index contributed by atoms with van der Waals surface area (Å²) in [5.41, 5.74) is 0.569. The predicted octanol–water partition coefficient (Wildman–Crippen LogP) is 3.50. The van der Waals surface area contributed by atoms with Crippen molar-refractivity contribution in [3.05, 3.63) is 29.8 Å². The zero-order chi connectivity index (χ0) is 21.6. The lowest BCUT2D eigenvalue weighted by Gasteiger charge is -2.36. The maximum absolute atomic E-state index is 12.6. The van der Waals surface area contributed by atoms with Crippen LogP contribution in [0.25, 0.3) is 0 Å². The SMILES string of the molecule is CC(CC(F)(F)F)N1CCC(Oc2cccc(C(=O)N(C)CCN(C)C)c2)CC1. The number of carbonyl (C=O) groups excluding carboxylic acids is 1. The Kier molecular flexibility index (Phi) is 8.34. The minimum atomic E-state index is -4.14. The van der Waals surface area contributed by atoms with E-state index in [0.717, 1.165) is 6.54 Å². The van der Waals surface area contributed by atoms with Crippen LogP contribution in [0.1, 0.15) is 36.5 Å². The Morgan fingerprint density at radius 2 is 1.86 bits per heavy atom. The Morgan fingerprint density at radius 1 is 1.21 bits per heavy atom. The monoisotopic (exact) mass is 415 g/mol. The minimum Gasteiger partial charge on any atom is -0.490 e. The van der Waals surface area contributed by atoms with Crippen molar-refractivity contribution in [3.63, 3.8) is 0 Å². The zero-order valence-corrected chi connectivity index (χ0v) is 17.7. The lowest BCUT2D eigenvalue weighted by molar-refractivity contribution is -0.147. The van der Waals surface area contributed by atoms with Gasteiger partial charge in [0.25, 0.3) is 5.91 Å². The lowest BCUT2D eigenvalue weighted by atomic mass is 10.0. The molecule has 0 bridgehead atoms. The molecule has 29 heavy (non-hydrogen) atoms. The number of amides is 1. The van der Waals surface area contributed by atoms with Gasteiger partial charge in [0.05, 0.1) is 6.42 Å². The van der Waals surface area contributed by atoms with Crippen molar-refractivity contribution in [1.82, 2.24) is 14.7 Å². The summed E-state index contributed by atoms with van der Waals surface area (Å²) in [5.74, 6) is 0.562. The fourth-order valence-corrected chi connectivity index (χ4v) is 3.47. The van der Waals surface area contributed by atoms with Gasteiger partial charge in [0.2, 0.25) is 0 Å². The van der Waals surface area contributed by atoms with E-state index in [0.29, 0.717) is 43.8 Å². The quantitative estimate of drug-likeness (QED) is 0.651. The average Bonchev–Trinajstić information content (AvgIpc) is 2.65. The minimum absolute atomic E-state index is 0.0545. The summed E-state index contributed by atoms with van der Waals surface area (Å²) in [6, 6.07) is 6.60. The average molecular weight is 416 g/mol. The number of nitrogens with zero attached hydrogens (tertiary/aromatic N) is 3. The molecule has 0 aliphatic carbocycles. The number of hydrogen-bond acceptors (Lipinski definition) is 4. The Bertz CT molecular complexity index is 659. The fourth-order valence-electron chi connectivity index (χ4n) is 3.47. The highest BCUT2D eigenvalue weighted by atomic mass is 19.4. The van der Waals surface area contributed by atoms with Crippen LogP contribution in [0.15, 0.2) is 24.3 Å². The maximum Gasteiger partial charge on any atom is 0.390 e. The molecular formula is C21H32F3N3O2. The number of halogens is 3. The van der Waals surface area contributed by atoms with Gasteiger partial charge in [-0.3, -0.25) is 4.79 Å². The van der Waals surface area contributed by atoms with E-state index in [1.807, 2.05) is 30.0 Å². The number of carbonyl (C=O) groups is 1. The van der Waals surface area contributed by atoms with Crippen molar-refractivity contribution >= 4 is 5.91 Å². The van der Waals surface area contributed by atoms with Gasteiger partial charge in [-0.25, -0.2) is 0 Å². The first-order valence-electron chi connectivity index (χ1n) is 10.0. The number of likely N-dealkylation sites (N-methyl/N-ethyl adjacent to an activating group) is 2. The van der Waals surface area contributed by atoms with Crippen LogP contribution in [0.4, 0.5) is 13.2 Å². The van der Waals surface area contributed by atoms with Crippen molar-refractivity contribution < 1.29 is 22.7 Å². The van der Waals surface area contributed by atoms with Crippen molar-refractivity contribution in [3.8, 4) is 5.75 Å². The number of likely N-dealkylation sites (tertiary alicyclic amines) is 1. The molecule has 1 aromatic rings. The second-order valence-corrected chi connectivity index (χ2v) is 8.08. The van der Waals surface area contributed by atoms with Crippen molar-refractivity contribution in [2.45, 2.75) is 44.5 Å². The van der Waals surface area contributed by atoms with E-state index >= 15 is 0 Å². The third-order valence-electron chi connectivity index (χ3n) is 5.24. The molecule has 1 saturated heterocycles. The third kappa shape index (κ3) is 7.85. The van der Waals surface area contributed by atoms with Gasteiger partial charge in [0, 0.05) is 44.8 Å². The summed E-state index contributed by atoms with van der Waals surface area (Å²) >= 11 is 0. The van der Waals surface area contributed by atoms with E-state index in [1.54, 1.807) is 37.1 Å². The maximum atomic E-state index is 12.6.